The first-order valence-electron chi connectivity index (χ1n) is 4.80. The first kappa shape index (κ1) is 14.0. The Hall–Kier alpha value is -2.09. The van der Waals surface area contributed by atoms with Crippen molar-refractivity contribution in [3.8, 4) is 0 Å². The molecule has 0 aromatic heterocycles. The van der Waals surface area contributed by atoms with Gasteiger partial charge in [0.05, 0.1) is 18.2 Å². The van der Waals surface area contributed by atoms with Gasteiger partial charge in [0.1, 0.15) is 5.82 Å². The topological polar surface area (TPSA) is 98.2 Å². The van der Waals surface area contributed by atoms with Gasteiger partial charge in [0, 0.05) is 12.1 Å². The summed E-state index contributed by atoms with van der Waals surface area (Å²) in [6, 6.07) is -0.407. The van der Waals surface area contributed by atoms with E-state index in [0.29, 0.717) is 12.1 Å². The third kappa shape index (κ3) is 3.45. The van der Waals surface area contributed by atoms with Crippen molar-refractivity contribution < 1.29 is 22.8 Å². The van der Waals surface area contributed by atoms with Gasteiger partial charge in [0.15, 0.2) is 11.6 Å². The lowest BCUT2D eigenvalue weighted by atomic mass is 10.2. The molecule has 1 unspecified atom stereocenters. The second-order valence-corrected chi connectivity index (χ2v) is 3.52. The molecule has 8 heteroatoms. The molecule has 0 saturated heterocycles. The van der Waals surface area contributed by atoms with Gasteiger partial charge in [-0.25, -0.2) is 13.2 Å². The number of nitrogens with one attached hydrogen (secondary N) is 1. The van der Waals surface area contributed by atoms with Crippen LogP contribution in [0.4, 0.5) is 18.9 Å². The van der Waals surface area contributed by atoms with Crippen molar-refractivity contribution in [1.82, 2.24) is 0 Å². The second-order valence-electron chi connectivity index (χ2n) is 3.52. The molecule has 5 nitrogen and oxygen atoms in total. The molecule has 0 bridgehead atoms. The van der Waals surface area contributed by atoms with E-state index >= 15 is 0 Å². The van der Waals surface area contributed by atoms with Gasteiger partial charge in [-0.05, 0) is 0 Å². The van der Waals surface area contributed by atoms with Gasteiger partial charge in [-0.15, -0.1) is 0 Å². The highest BCUT2D eigenvalue weighted by Gasteiger charge is 2.19. The molecule has 0 radical (unpaired) electrons. The number of rotatable bonds is 4. The molecular formula is C10H10F3N3O2. The maximum atomic E-state index is 13.2. The van der Waals surface area contributed by atoms with Gasteiger partial charge >= 0.3 is 0 Å². The van der Waals surface area contributed by atoms with Crippen LogP contribution in [0.15, 0.2) is 12.1 Å². The van der Waals surface area contributed by atoms with E-state index in [4.69, 9.17) is 11.5 Å². The summed E-state index contributed by atoms with van der Waals surface area (Å²) in [6.07, 6.45) is -0.467. The number of benzene rings is 1. The summed E-state index contributed by atoms with van der Waals surface area (Å²) in [4.78, 5) is 21.9. The van der Waals surface area contributed by atoms with E-state index in [9.17, 15) is 22.8 Å². The summed E-state index contributed by atoms with van der Waals surface area (Å²) in [5.74, 6) is -5.74. The van der Waals surface area contributed by atoms with E-state index < -0.39 is 47.4 Å². The monoisotopic (exact) mass is 261 g/mol. The van der Waals surface area contributed by atoms with Crippen molar-refractivity contribution >= 4 is 17.5 Å². The SMILES string of the molecule is NC(=O)CC(N)C(=O)Nc1cc(F)cc(F)c1F. The number of hydrogen-bond donors (Lipinski definition) is 3. The van der Waals surface area contributed by atoms with Crippen molar-refractivity contribution in [2.45, 2.75) is 12.5 Å². The fraction of sp³-hybridized carbons (Fsp3) is 0.200. The molecule has 0 aliphatic rings. The Morgan fingerprint density at radius 3 is 2.44 bits per heavy atom. The number of halogens is 3. The highest BCUT2D eigenvalue weighted by atomic mass is 19.2. The molecule has 1 aromatic carbocycles. The summed E-state index contributed by atoms with van der Waals surface area (Å²) >= 11 is 0. The summed E-state index contributed by atoms with van der Waals surface area (Å²) < 4.78 is 38.8. The van der Waals surface area contributed by atoms with Crippen LogP contribution in [0.25, 0.3) is 0 Å². The number of anilines is 1. The van der Waals surface area contributed by atoms with Crippen LogP contribution in [0.1, 0.15) is 6.42 Å². The zero-order valence-corrected chi connectivity index (χ0v) is 9.04. The smallest absolute Gasteiger partial charge is 0.241 e. The van der Waals surface area contributed by atoms with E-state index in [1.807, 2.05) is 5.32 Å². The number of primary amides is 1. The molecule has 0 aliphatic carbocycles. The van der Waals surface area contributed by atoms with E-state index in [0.717, 1.165) is 0 Å². The average Bonchev–Trinajstić information content (AvgIpc) is 2.24. The molecule has 5 N–H and O–H groups in total. The molecule has 0 saturated carbocycles. The lowest BCUT2D eigenvalue weighted by Gasteiger charge is -2.11. The van der Waals surface area contributed by atoms with E-state index in [1.54, 1.807) is 0 Å². The van der Waals surface area contributed by atoms with Gasteiger partial charge in [0.2, 0.25) is 11.8 Å². The van der Waals surface area contributed by atoms with Gasteiger partial charge in [-0.2, -0.15) is 0 Å². The first-order valence-corrected chi connectivity index (χ1v) is 4.80. The number of hydrogen-bond acceptors (Lipinski definition) is 3. The fourth-order valence-corrected chi connectivity index (χ4v) is 1.18. The predicted molar refractivity (Wildman–Crippen MR) is 56.7 cm³/mol. The predicted octanol–water partition coefficient (Wildman–Crippen LogP) is 0.245. The molecule has 0 aliphatic heterocycles. The quantitative estimate of drug-likeness (QED) is 0.677. The van der Waals surface area contributed by atoms with E-state index in [-0.39, 0.29) is 0 Å². The van der Waals surface area contributed by atoms with Crippen molar-refractivity contribution in [3.63, 3.8) is 0 Å². The Balaban J connectivity index is 2.85. The zero-order chi connectivity index (χ0) is 13.9. The van der Waals surface area contributed by atoms with Crippen molar-refractivity contribution in [2.24, 2.45) is 11.5 Å². The molecule has 0 spiro atoms. The molecule has 0 heterocycles. The molecule has 0 fully saturated rings. The number of nitrogens with two attached hydrogens (primary N) is 2. The summed E-state index contributed by atoms with van der Waals surface area (Å²) in [7, 11) is 0. The average molecular weight is 261 g/mol. The van der Waals surface area contributed by atoms with Crippen LogP contribution in [0.3, 0.4) is 0 Å². The van der Waals surface area contributed by atoms with Gasteiger partial charge in [-0.3, -0.25) is 9.59 Å². The molecule has 98 valence electrons. The number of amides is 2. The van der Waals surface area contributed by atoms with Crippen LogP contribution < -0.4 is 16.8 Å². The van der Waals surface area contributed by atoms with Gasteiger partial charge in [0.25, 0.3) is 0 Å². The number of carbonyl (C=O) groups is 2. The van der Waals surface area contributed by atoms with Crippen molar-refractivity contribution in [1.29, 1.82) is 0 Å². The summed E-state index contributed by atoms with van der Waals surface area (Å²) in [5.41, 5.74) is 9.38. The van der Waals surface area contributed by atoms with Crippen molar-refractivity contribution in [3.05, 3.63) is 29.6 Å². The third-order valence-electron chi connectivity index (χ3n) is 2.01. The summed E-state index contributed by atoms with van der Waals surface area (Å²) in [6.45, 7) is 0. The Bertz CT molecular complexity index is 494. The molecular weight excluding hydrogens is 251 g/mol. The standard InChI is InChI=1S/C10H10F3N3O2/c11-4-1-5(12)9(13)7(2-4)16-10(18)6(14)3-8(15)17/h1-2,6H,3,14H2,(H2,15,17)(H,16,18). The molecule has 18 heavy (non-hydrogen) atoms. The van der Waals surface area contributed by atoms with Crippen LogP contribution in [0, 0.1) is 17.5 Å². The molecule has 1 aromatic rings. The second kappa shape index (κ2) is 5.50. The Morgan fingerprint density at radius 1 is 1.28 bits per heavy atom. The van der Waals surface area contributed by atoms with Crippen LogP contribution in [-0.2, 0) is 9.59 Å². The maximum Gasteiger partial charge on any atom is 0.241 e. The highest BCUT2D eigenvalue weighted by molar-refractivity contribution is 5.97. The minimum absolute atomic E-state index is 0.328. The van der Waals surface area contributed by atoms with Crippen LogP contribution >= 0.6 is 0 Å². The fourth-order valence-electron chi connectivity index (χ4n) is 1.18. The molecule has 1 rings (SSSR count). The minimum Gasteiger partial charge on any atom is -0.370 e. The molecule has 1 atom stereocenters. The number of carbonyl (C=O) groups excluding carboxylic acids is 2. The Morgan fingerprint density at radius 2 is 1.89 bits per heavy atom. The van der Waals surface area contributed by atoms with E-state index in [1.165, 1.54) is 0 Å². The van der Waals surface area contributed by atoms with Crippen LogP contribution in [-0.4, -0.2) is 17.9 Å². The Labute approximate surface area is 99.9 Å². The lowest BCUT2D eigenvalue weighted by Crippen LogP contribution is -2.39. The normalized spacial score (nSPS) is 12.0. The van der Waals surface area contributed by atoms with Crippen LogP contribution in [0.5, 0.6) is 0 Å². The largest absolute Gasteiger partial charge is 0.370 e. The van der Waals surface area contributed by atoms with E-state index in [2.05, 4.69) is 0 Å². The Kier molecular flexibility index (Phi) is 4.27. The van der Waals surface area contributed by atoms with Crippen molar-refractivity contribution in [2.75, 3.05) is 5.32 Å². The summed E-state index contributed by atoms with van der Waals surface area (Å²) in [5, 5.41) is 1.87. The third-order valence-corrected chi connectivity index (χ3v) is 2.01. The van der Waals surface area contributed by atoms with Gasteiger partial charge < -0.3 is 16.8 Å². The zero-order valence-electron chi connectivity index (χ0n) is 9.04. The maximum absolute atomic E-state index is 13.2. The van der Waals surface area contributed by atoms with Gasteiger partial charge in [-0.1, -0.05) is 0 Å². The highest BCUT2D eigenvalue weighted by Crippen LogP contribution is 2.19. The van der Waals surface area contributed by atoms with Crippen LogP contribution in [0.2, 0.25) is 0 Å². The molecule has 2 amide bonds. The lowest BCUT2D eigenvalue weighted by molar-refractivity contribution is -0.123. The minimum atomic E-state index is -1.45. The first-order chi connectivity index (χ1) is 8.31.